The molecule has 1 atom stereocenters. The maximum atomic E-state index is 3.86. The van der Waals surface area contributed by atoms with Gasteiger partial charge in [-0.3, -0.25) is 0 Å². The summed E-state index contributed by atoms with van der Waals surface area (Å²) in [6.45, 7) is 8.26. The predicted octanol–water partition coefficient (Wildman–Crippen LogP) is 3.98. The fraction of sp³-hybridized carbons (Fsp3) is 0.727. The lowest BCUT2D eigenvalue weighted by Gasteiger charge is -2.07. The topological polar surface area (TPSA) is 0 Å². The zero-order valence-electron chi connectivity index (χ0n) is 7.97. The van der Waals surface area contributed by atoms with Gasteiger partial charge in [-0.2, -0.15) is 0 Å². The zero-order chi connectivity index (χ0) is 8.53. The highest BCUT2D eigenvalue weighted by molar-refractivity contribution is 4.76. The second kappa shape index (κ2) is 7.84. The number of rotatable bonds is 6. The Hall–Kier alpha value is -0.260. The van der Waals surface area contributed by atoms with E-state index in [-0.39, 0.29) is 0 Å². The molecule has 0 aromatic carbocycles. The van der Waals surface area contributed by atoms with E-state index in [0.29, 0.717) is 0 Å². The molecular weight excluding hydrogens is 132 g/mol. The van der Waals surface area contributed by atoms with Gasteiger partial charge < -0.3 is 0 Å². The summed E-state index contributed by atoms with van der Waals surface area (Å²) in [5, 5.41) is 0. The molecule has 0 aromatic rings. The lowest BCUT2D eigenvalue weighted by atomic mass is 9.99. The van der Waals surface area contributed by atoms with Gasteiger partial charge in [0.1, 0.15) is 0 Å². The second-order valence-corrected chi connectivity index (χ2v) is 3.25. The molecule has 0 saturated carbocycles. The normalized spacial score (nSPS) is 14.1. The highest BCUT2D eigenvalue weighted by atomic mass is 14.0. The quantitative estimate of drug-likeness (QED) is 0.400. The minimum Gasteiger partial charge on any atom is -0.0917 e. The maximum Gasteiger partial charge on any atom is -0.0351 e. The number of hydrogen-bond acceptors (Lipinski definition) is 0. The van der Waals surface area contributed by atoms with Crippen molar-refractivity contribution in [3.8, 4) is 0 Å². The molecule has 0 amide bonds. The molecule has 0 aliphatic heterocycles. The first kappa shape index (κ1) is 10.7. The summed E-state index contributed by atoms with van der Waals surface area (Å²) < 4.78 is 0. The molecule has 0 nitrogen and oxygen atoms in total. The molecule has 0 fully saturated rings. The van der Waals surface area contributed by atoms with Gasteiger partial charge >= 0.3 is 0 Å². The summed E-state index contributed by atoms with van der Waals surface area (Å²) >= 11 is 0. The molecule has 1 unspecified atom stereocenters. The van der Waals surface area contributed by atoms with E-state index in [2.05, 4.69) is 32.9 Å². The van der Waals surface area contributed by atoms with Crippen molar-refractivity contribution < 1.29 is 0 Å². The largest absolute Gasteiger partial charge is 0.0917 e. The van der Waals surface area contributed by atoms with Gasteiger partial charge in [0, 0.05) is 0 Å². The van der Waals surface area contributed by atoms with Crippen molar-refractivity contribution in [2.75, 3.05) is 0 Å². The molecule has 0 rings (SSSR count). The van der Waals surface area contributed by atoms with E-state index in [1.165, 1.54) is 25.7 Å². The Morgan fingerprint density at radius 1 is 1.36 bits per heavy atom. The lowest BCUT2D eigenvalue weighted by Crippen LogP contribution is -1.92. The molecule has 0 aromatic heterocycles. The van der Waals surface area contributed by atoms with Gasteiger partial charge in [-0.15, -0.1) is 0 Å². The van der Waals surface area contributed by atoms with Gasteiger partial charge in [-0.1, -0.05) is 45.3 Å². The van der Waals surface area contributed by atoms with Crippen LogP contribution in [-0.4, -0.2) is 0 Å². The summed E-state index contributed by atoms with van der Waals surface area (Å²) in [5.41, 5.74) is 0. The first-order valence-corrected chi connectivity index (χ1v) is 4.71. The second-order valence-electron chi connectivity index (χ2n) is 3.25. The van der Waals surface area contributed by atoms with Crippen LogP contribution in [0, 0.1) is 12.8 Å². The number of allylic oxidation sites excluding steroid dienone is 2. The fourth-order valence-electron chi connectivity index (χ4n) is 1.24. The van der Waals surface area contributed by atoms with Crippen molar-refractivity contribution in [2.45, 2.75) is 46.0 Å². The van der Waals surface area contributed by atoms with E-state index < -0.39 is 0 Å². The average molecular weight is 153 g/mol. The summed E-state index contributed by atoms with van der Waals surface area (Å²) in [6, 6.07) is 0. The third-order valence-electron chi connectivity index (χ3n) is 2.00. The molecule has 0 heteroatoms. The highest BCUT2D eigenvalue weighted by Crippen LogP contribution is 2.13. The fourth-order valence-corrected chi connectivity index (χ4v) is 1.24. The number of unbranched alkanes of at least 4 members (excludes halogenated alkanes) is 1. The van der Waals surface area contributed by atoms with Gasteiger partial charge in [0.25, 0.3) is 0 Å². The molecule has 0 heterocycles. The van der Waals surface area contributed by atoms with Crippen LogP contribution in [0.1, 0.15) is 46.0 Å². The van der Waals surface area contributed by atoms with Crippen LogP contribution in [0.3, 0.4) is 0 Å². The Morgan fingerprint density at radius 3 is 2.64 bits per heavy atom. The van der Waals surface area contributed by atoms with Crippen LogP contribution >= 0.6 is 0 Å². The van der Waals surface area contributed by atoms with E-state index in [9.17, 15) is 0 Å². The van der Waals surface area contributed by atoms with Crippen molar-refractivity contribution in [1.82, 2.24) is 0 Å². The van der Waals surface area contributed by atoms with Gasteiger partial charge in [0.2, 0.25) is 0 Å². The molecular formula is C11H21. The van der Waals surface area contributed by atoms with Gasteiger partial charge in [-0.25, -0.2) is 0 Å². The molecule has 1 radical (unpaired) electrons. The Balaban J connectivity index is 3.10. The number of hydrogen-bond donors (Lipinski definition) is 0. The molecule has 0 aliphatic carbocycles. The van der Waals surface area contributed by atoms with Crippen LogP contribution in [0.25, 0.3) is 0 Å². The van der Waals surface area contributed by atoms with E-state index >= 15 is 0 Å². The van der Waals surface area contributed by atoms with Crippen LogP contribution in [0.15, 0.2) is 12.2 Å². The summed E-state index contributed by atoms with van der Waals surface area (Å²) in [6.07, 6.45) is 10.7. The minimum atomic E-state index is 0.873. The smallest absolute Gasteiger partial charge is 0.0351 e. The van der Waals surface area contributed by atoms with Crippen molar-refractivity contribution in [1.29, 1.82) is 0 Å². The third kappa shape index (κ3) is 7.64. The molecule has 0 bridgehead atoms. The Kier molecular flexibility index (Phi) is 7.66. The van der Waals surface area contributed by atoms with Gasteiger partial charge in [0.05, 0.1) is 0 Å². The van der Waals surface area contributed by atoms with Crippen LogP contribution < -0.4 is 0 Å². The van der Waals surface area contributed by atoms with Crippen molar-refractivity contribution in [3.63, 3.8) is 0 Å². The third-order valence-corrected chi connectivity index (χ3v) is 2.00. The first-order valence-electron chi connectivity index (χ1n) is 4.71. The zero-order valence-corrected chi connectivity index (χ0v) is 7.97. The monoisotopic (exact) mass is 153 g/mol. The standard InChI is InChI=1S/C11H21/c1-4-6-7-8-10-11(3)9-5-2/h4,6,11H,2,5,7-10H2,1,3H3. The van der Waals surface area contributed by atoms with E-state index in [1.54, 1.807) is 0 Å². The van der Waals surface area contributed by atoms with Crippen LogP contribution in [0.4, 0.5) is 0 Å². The first-order chi connectivity index (χ1) is 5.31. The van der Waals surface area contributed by atoms with E-state index in [4.69, 9.17) is 0 Å². The predicted molar refractivity (Wildman–Crippen MR) is 52.4 cm³/mol. The van der Waals surface area contributed by atoms with E-state index in [1.807, 2.05) is 0 Å². The van der Waals surface area contributed by atoms with Crippen molar-refractivity contribution in [3.05, 3.63) is 19.1 Å². The molecule has 0 aliphatic rings. The summed E-state index contributed by atoms with van der Waals surface area (Å²) in [4.78, 5) is 0. The van der Waals surface area contributed by atoms with Crippen LogP contribution in [0.5, 0.6) is 0 Å². The molecule has 65 valence electrons. The Labute approximate surface area is 71.7 Å². The summed E-state index contributed by atoms with van der Waals surface area (Å²) in [7, 11) is 0. The molecule has 0 N–H and O–H groups in total. The van der Waals surface area contributed by atoms with Gasteiger partial charge in [0.15, 0.2) is 0 Å². The SMILES string of the molecule is [CH2]CCC(C)CCCC=CC. The Morgan fingerprint density at radius 2 is 2.09 bits per heavy atom. The average Bonchev–Trinajstić information content (AvgIpc) is 1.99. The van der Waals surface area contributed by atoms with Crippen LogP contribution in [0.2, 0.25) is 0 Å². The summed E-state index contributed by atoms with van der Waals surface area (Å²) in [5.74, 6) is 0.873. The molecule has 0 spiro atoms. The lowest BCUT2D eigenvalue weighted by molar-refractivity contribution is 0.480. The minimum absolute atomic E-state index is 0.873. The van der Waals surface area contributed by atoms with Crippen LogP contribution in [-0.2, 0) is 0 Å². The molecule has 11 heavy (non-hydrogen) atoms. The van der Waals surface area contributed by atoms with Crippen molar-refractivity contribution in [2.24, 2.45) is 5.92 Å². The van der Waals surface area contributed by atoms with E-state index in [0.717, 1.165) is 12.3 Å². The van der Waals surface area contributed by atoms with Crippen molar-refractivity contribution >= 4 is 0 Å². The maximum absolute atomic E-state index is 3.86. The Bertz CT molecular complexity index is 92.2. The van der Waals surface area contributed by atoms with Gasteiger partial charge in [-0.05, 0) is 25.7 Å². The highest BCUT2D eigenvalue weighted by Gasteiger charge is 1.98. The molecule has 0 saturated heterocycles.